The Balaban J connectivity index is 5.18. The zero-order valence-corrected chi connectivity index (χ0v) is 13.4. The van der Waals surface area contributed by atoms with Gasteiger partial charge in [-0.15, -0.1) is 0 Å². The normalized spacial score (nSPS) is 16.4. The second kappa shape index (κ2) is 6.23. The van der Waals surface area contributed by atoms with Crippen LogP contribution in [0.3, 0.4) is 0 Å². The van der Waals surface area contributed by atoms with E-state index < -0.39 is 0 Å². The Kier molecular flexibility index (Phi) is 5.87. The van der Waals surface area contributed by atoms with Crippen LogP contribution in [0.25, 0.3) is 0 Å². The molecule has 0 aromatic rings. The number of allylic oxidation sites excluding steroid dienone is 4. The first-order valence-corrected chi connectivity index (χ1v) is 6.72. The van der Waals surface area contributed by atoms with Crippen LogP contribution in [0.4, 0.5) is 0 Å². The van der Waals surface area contributed by atoms with Gasteiger partial charge < -0.3 is 0 Å². The van der Waals surface area contributed by atoms with E-state index in [1.807, 2.05) is 13.0 Å². The molecule has 1 unspecified atom stereocenters. The SMILES string of the molecule is C/C(C#N)=C\C=C(/C)C(CC(C)(C)C)C(C)(C)C. The maximum Gasteiger partial charge on any atom is 0.0944 e. The van der Waals surface area contributed by atoms with Gasteiger partial charge in [0, 0.05) is 5.57 Å². The molecule has 18 heavy (non-hydrogen) atoms. The van der Waals surface area contributed by atoms with Gasteiger partial charge in [-0.3, -0.25) is 0 Å². The molecule has 0 radical (unpaired) electrons. The summed E-state index contributed by atoms with van der Waals surface area (Å²) in [6.07, 6.45) is 5.20. The largest absolute Gasteiger partial charge is 0.193 e. The summed E-state index contributed by atoms with van der Waals surface area (Å²) in [7, 11) is 0. The molecule has 0 heterocycles. The highest BCUT2D eigenvalue weighted by atomic mass is 14.3. The summed E-state index contributed by atoms with van der Waals surface area (Å²) in [6, 6.07) is 2.16. The Morgan fingerprint density at radius 1 is 1.06 bits per heavy atom. The van der Waals surface area contributed by atoms with Crippen LogP contribution >= 0.6 is 0 Å². The van der Waals surface area contributed by atoms with E-state index in [1.54, 1.807) is 0 Å². The predicted octanol–water partition coefficient (Wildman–Crippen LogP) is 5.50. The van der Waals surface area contributed by atoms with Crippen LogP contribution in [0, 0.1) is 28.1 Å². The number of hydrogen-bond donors (Lipinski definition) is 0. The molecule has 0 aliphatic carbocycles. The monoisotopic (exact) mass is 247 g/mol. The van der Waals surface area contributed by atoms with Gasteiger partial charge in [0.25, 0.3) is 0 Å². The third-order valence-corrected chi connectivity index (χ3v) is 3.18. The molecular formula is C17H29N. The van der Waals surface area contributed by atoms with Crippen LogP contribution in [0.5, 0.6) is 0 Å². The highest BCUT2D eigenvalue weighted by Gasteiger charge is 2.29. The van der Waals surface area contributed by atoms with Crippen molar-refractivity contribution < 1.29 is 0 Å². The summed E-state index contributed by atoms with van der Waals surface area (Å²) in [5.41, 5.74) is 2.70. The lowest BCUT2D eigenvalue weighted by Crippen LogP contribution is -2.26. The van der Waals surface area contributed by atoms with Crippen molar-refractivity contribution in [3.05, 3.63) is 23.3 Å². The van der Waals surface area contributed by atoms with Crippen LogP contribution in [-0.4, -0.2) is 0 Å². The fraction of sp³-hybridized carbons (Fsp3) is 0.706. The highest BCUT2D eigenvalue weighted by molar-refractivity contribution is 5.26. The Morgan fingerprint density at radius 2 is 1.56 bits per heavy atom. The lowest BCUT2D eigenvalue weighted by Gasteiger charge is -2.36. The summed E-state index contributed by atoms with van der Waals surface area (Å²) >= 11 is 0. The number of rotatable bonds is 3. The first-order chi connectivity index (χ1) is 7.97. The molecule has 0 bridgehead atoms. The smallest absolute Gasteiger partial charge is 0.0944 e. The number of nitriles is 1. The second-order valence-electron chi connectivity index (χ2n) is 7.56. The zero-order valence-electron chi connectivity index (χ0n) is 13.4. The highest BCUT2D eigenvalue weighted by Crippen LogP contribution is 2.40. The number of nitrogens with zero attached hydrogens (tertiary/aromatic N) is 1. The molecule has 1 heteroatoms. The molecule has 0 amide bonds. The van der Waals surface area contributed by atoms with Crippen molar-refractivity contribution >= 4 is 0 Å². The van der Waals surface area contributed by atoms with Gasteiger partial charge in [0.15, 0.2) is 0 Å². The molecule has 0 spiro atoms. The van der Waals surface area contributed by atoms with E-state index in [9.17, 15) is 0 Å². The van der Waals surface area contributed by atoms with Gasteiger partial charge >= 0.3 is 0 Å². The third kappa shape index (κ3) is 6.64. The van der Waals surface area contributed by atoms with Crippen molar-refractivity contribution in [1.29, 1.82) is 5.26 Å². The van der Waals surface area contributed by atoms with Crippen LogP contribution < -0.4 is 0 Å². The summed E-state index contributed by atoms with van der Waals surface area (Å²) < 4.78 is 0. The molecular weight excluding hydrogens is 218 g/mol. The van der Waals surface area contributed by atoms with Crippen molar-refractivity contribution in [3.63, 3.8) is 0 Å². The van der Waals surface area contributed by atoms with Gasteiger partial charge in [0.05, 0.1) is 6.07 Å². The first kappa shape index (κ1) is 17.0. The van der Waals surface area contributed by atoms with Gasteiger partial charge in [-0.2, -0.15) is 5.26 Å². The summed E-state index contributed by atoms with van der Waals surface area (Å²) in [4.78, 5) is 0. The van der Waals surface area contributed by atoms with E-state index in [4.69, 9.17) is 5.26 Å². The standard InChI is InChI=1S/C17H29N/c1-13(12-18)9-10-14(2)15(17(6,7)8)11-16(3,4)5/h9-10,15H,11H2,1-8H3/b13-9+,14-10+. The Hall–Kier alpha value is -1.03. The fourth-order valence-electron chi connectivity index (χ4n) is 2.17. The number of hydrogen-bond acceptors (Lipinski definition) is 1. The maximum absolute atomic E-state index is 8.79. The average molecular weight is 247 g/mol. The summed E-state index contributed by atoms with van der Waals surface area (Å²) in [5.74, 6) is 0.542. The quantitative estimate of drug-likeness (QED) is 0.477. The topological polar surface area (TPSA) is 23.8 Å². The maximum atomic E-state index is 8.79. The molecule has 0 aliphatic heterocycles. The molecule has 0 N–H and O–H groups in total. The predicted molar refractivity (Wildman–Crippen MR) is 80.1 cm³/mol. The molecule has 1 atom stereocenters. The molecule has 102 valence electrons. The van der Waals surface area contributed by atoms with E-state index in [2.05, 4.69) is 60.6 Å². The molecule has 0 rings (SSSR count). The Bertz CT molecular complexity index is 364. The minimum absolute atomic E-state index is 0.252. The summed E-state index contributed by atoms with van der Waals surface area (Å²) in [6.45, 7) is 17.8. The van der Waals surface area contributed by atoms with Gasteiger partial charge in [-0.1, -0.05) is 53.2 Å². The van der Waals surface area contributed by atoms with Crippen molar-refractivity contribution in [3.8, 4) is 6.07 Å². The molecule has 1 nitrogen and oxygen atoms in total. The van der Waals surface area contributed by atoms with Gasteiger partial charge in [-0.05, 0) is 43.1 Å². The Labute approximate surface area is 114 Å². The van der Waals surface area contributed by atoms with Crippen LogP contribution in [0.15, 0.2) is 23.3 Å². The van der Waals surface area contributed by atoms with Gasteiger partial charge in [0.1, 0.15) is 0 Å². The van der Waals surface area contributed by atoms with E-state index >= 15 is 0 Å². The molecule has 0 aromatic carbocycles. The third-order valence-electron chi connectivity index (χ3n) is 3.18. The lowest BCUT2D eigenvalue weighted by molar-refractivity contribution is 0.196. The molecule has 0 saturated carbocycles. The second-order valence-corrected chi connectivity index (χ2v) is 7.56. The average Bonchev–Trinajstić information content (AvgIpc) is 2.19. The van der Waals surface area contributed by atoms with E-state index in [0.29, 0.717) is 11.3 Å². The van der Waals surface area contributed by atoms with E-state index in [0.717, 1.165) is 12.0 Å². The zero-order chi connectivity index (χ0) is 14.6. The fourth-order valence-corrected chi connectivity index (χ4v) is 2.17. The van der Waals surface area contributed by atoms with Crippen LogP contribution in [0.1, 0.15) is 61.8 Å². The lowest BCUT2D eigenvalue weighted by atomic mass is 9.69. The first-order valence-electron chi connectivity index (χ1n) is 6.72. The Morgan fingerprint density at radius 3 is 1.89 bits per heavy atom. The molecule has 0 aliphatic rings. The molecule has 0 aromatic heterocycles. The van der Waals surface area contributed by atoms with E-state index in [1.165, 1.54) is 5.57 Å². The summed E-state index contributed by atoms with van der Waals surface area (Å²) in [5, 5.41) is 8.79. The van der Waals surface area contributed by atoms with Crippen molar-refractivity contribution in [1.82, 2.24) is 0 Å². The van der Waals surface area contributed by atoms with Crippen LogP contribution in [0.2, 0.25) is 0 Å². The van der Waals surface area contributed by atoms with Gasteiger partial charge in [-0.25, -0.2) is 0 Å². The minimum Gasteiger partial charge on any atom is -0.193 e. The van der Waals surface area contributed by atoms with E-state index in [-0.39, 0.29) is 5.41 Å². The van der Waals surface area contributed by atoms with Crippen LogP contribution in [-0.2, 0) is 0 Å². The minimum atomic E-state index is 0.252. The molecule has 0 fully saturated rings. The van der Waals surface area contributed by atoms with Crippen molar-refractivity contribution in [2.75, 3.05) is 0 Å². The van der Waals surface area contributed by atoms with Gasteiger partial charge in [0.2, 0.25) is 0 Å². The van der Waals surface area contributed by atoms with Crippen molar-refractivity contribution in [2.24, 2.45) is 16.7 Å². The van der Waals surface area contributed by atoms with Crippen molar-refractivity contribution in [2.45, 2.75) is 61.8 Å². The molecule has 0 saturated heterocycles.